The fourth-order valence-corrected chi connectivity index (χ4v) is 2.35. The summed E-state index contributed by atoms with van der Waals surface area (Å²) in [7, 11) is 0. The number of alkyl halides is 1. The first-order valence-corrected chi connectivity index (χ1v) is 6.11. The molecule has 3 rings (SSSR count). The number of fused-ring (bicyclic) bond motifs is 1. The van der Waals surface area contributed by atoms with Crippen LogP contribution >= 0.6 is 0 Å². The molecule has 1 saturated heterocycles. The number of halogens is 1. The van der Waals surface area contributed by atoms with E-state index in [4.69, 9.17) is 15.6 Å². The molecule has 1 fully saturated rings. The van der Waals surface area contributed by atoms with Crippen LogP contribution in [0.5, 0.6) is 0 Å². The predicted octanol–water partition coefficient (Wildman–Crippen LogP) is -0.960. The minimum Gasteiger partial charge on any atom is -0.394 e. The van der Waals surface area contributed by atoms with Gasteiger partial charge in [0.05, 0.1) is 25.6 Å². The molecule has 4 N–H and O–H groups in total. The molecular weight excluding hydrogens is 269 g/mol. The van der Waals surface area contributed by atoms with Crippen molar-refractivity contribution in [1.29, 1.82) is 0 Å². The summed E-state index contributed by atoms with van der Waals surface area (Å²) in [5.41, 5.74) is 6.42. The number of nitrogens with two attached hydrogens (primary N) is 1. The fraction of sp³-hybridized carbons (Fsp3) is 0.545. The first-order chi connectivity index (χ1) is 9.63. The van der Waals surface area contributed by atoms with Crippen LogP contribution in [0, 0.1) is 0 Å². The Bertz CT molecular complexity index is 621. The summed E-state index contributed by atoms with van der Waals surface area (Å²) >= 11 is 0. The number of nitrogens with zero attached hydrogens (tertiary/aromatic N) is 4. The standard InChI is InChI=1S/C11H14FN5O3/c12-7-5(2-20-6(1-18)9(7)19)17-4-16-8-10(13)14-3-15-11(8)17/h3-7,9,18-19H,1-2H2,(H2,13,14,15)/t5-,6-,7+,9-/m1/s1. The SMILES string of the molecule is Nc1ncnc2c1ncn2[C@@H]1CO[C@H](CO)[C@@H](O)[C@H]1F. The number of hydrogen-bond donors (Lipinski definition) is 3. The van der Waals surface area contributed by atoms with E-state index in [2.05, 4.69) is 15.0 Å². The Balaban J connectivity index is 1.97. The van der Waals surface area contributed by atoms with Gasteiger partial charge in [0.2, 0.25) is 0 Å². The highest BCUT2D eigenvalue weighted by Gasteiger charge is 2.41. The van der Waals surface area contributed by atoms with Crippen molar-refractivity contribution in [3.8, 4) is 0 Å². The molecule has 0 radical (unpaired) electrons. The topological polar surface area (TPSA) is 119 Å². The van der Waals surface area contributed by atoms with Crippen LogP contribution in [0.3, 0.4) is 0 Å². The second kappa shape index (κ2) is 4.93. The molecule has 2 aromatic heterocycles. The molecule has 3 heterocycles. The number of nitrogen functional groups attached to an aromatic ring is 1. The molecule has 0 bridgehead atoms. The van der Waals surface area contributed by atoms with Crippen LogP contribution < -0.4 is 5.73 Å². The zero-order valence-corrected chi connectivity index (χ0v) is 10.4. The lowest BCUT2D eigenvalue weighted by molar-refractivity contribution is -0.148. The van der Waals surface area contributed by atoms with Crippen LogP contribution in [0.25, 0.3) is 11.2 Å². The third-order valence-corrected chi connectivity index (χ3v) is 3.48. The Morgan fingerprint density at radius 2 is 2.25 bits per heavy atom. The van der Waals surface area contributed by atoms with Crippen LogP contribution in [0.1, 0.15) is 6.04 Å². The van der Waals surface area contributed by atoms with Gasteiger partial charge in [-0.15, -0.1) is 0 Å². The fourth-order valence-electron chi connectivity index (χ4n) is 2.35. The average molecular weight is 283 g/mol. The van der Waals surface area contributed by atoms with Crippen molar-refractivity contribution in [3.05, 3.63) is 12.7 Å². The summed E-state index contributed by atoms with van der Waals surface area (Å²) in [6.07, 6.45) is -1.28. The monoisotopic (exact) mass is 283 g/mol. The Morgan fingerprint density at radius 3 is 3.00 bits per heavy atom. The quantitative estimate of drug-likeness (QED) is 0.649. The highest BCUT2D eigenvalue weighted by atomic mass is 19.1. The van der Waals surface area contributed by atoms with Gasteiger partial charge in [0.1, 0.15) is 24.1 Å². The van der Waals surface area contributed by atoms with E-state index in [9.17, 15) is 9.50 Å². The van der Waals surface area contributed by atoms with Gasteiger partial charge in [-0.1, -0.05) is 0 Å². The summed E-state index contributed by atoms with van der Waals surface area (Å²) in [5.74, 6) is 0.203. The molecule has 8 nitrogen and oxygen atoms in total. The van der Waals surface area contributed by atoms with Crippen molar-refractivity contribution in [1.82, 2.24) is 19.5 Å². The number of anilines is 1. The third-order valence-electron chi connectivity index (χ3n) is 3.48. The Morgan fingerprint density at radius 1 is 1.45 bits per heavy atom. The Labute approximate surface area is 113 Å². The number of aromatic nitrogens is 4. The van der Waals surface area contributed by atoms with Crippen molar-refractivity contribution in [2.45, 2.75) is 24.4 Å². The van der Waals surface area contributed by atoms with Crippen LogP contribution in [0.2, 0.25) is 0 Å². The van der Waals surface area contributed by atoms with Gasteiger partial charge in [0.15, 0.2) is 17.6 Å². The van der Waals surface area contributed by atoms with Crippen molar-refractivity contribution in [2.24, 2.45) is 0 Å². The molecule has 1 aliphatic rings. The maximum absolute atomic E-state index is 14.3. The number of aliphatic hydroxyl groups is 2. The smallest absolute Gasteiger partial charge is 0.165 e. The van der Waals surface area contributed by atoms with Gasteiger partial charge in [0.25, 0.3) is 0 Å². The summed E-state index contributed by atoms with van der Waals surface area (Å²) in [4.78, 5) is 11.9. The van der Waals surface area contributed by atoms with E-state index in [-0.39, 0.29) is 12.4 Å². The van der Waals surface area contributed by atoms with E-state index >= 15 is 0 Å². The zero-order chi connectivity index (χ0) is 14.3. The number of ether oxygens (including phenoxy) is 1. The van der Waals surface area contributed by atoms with Gasteiger partial charge >= 0.3 is 0 Å². The molecule has 0 amide bonds. The van der Waals surface area contributed by atoms with Crippen molar-refractivity contribution in [3.63, 3.8) is 0 Å². The summed E-state index contributed by atoms with van der Waals surface area (Å²) < 4.78 is 21.0. The van der Waals surface area contributed by atoms with Gasteiger partial charge in [-0.2, -0.15) is 0 Å². The lowest BCUT2D eigenvalue weighted by atomic mass is 9.99. The maximum Gasteiger partial charge on any atom is 0.165 e. The van der Waals surface area contributed by atoms with Gasteiger partial charge in [-0.25, -0.2) is 19.3 Å². The lowest BCUT2D eigenvalue weighted by Crippen LogP contribution is -2.50. The molecule has 9 heteroatoms. The molecule has 4 atom stereocenters. The van der Waals surface area contributed by atoms with E-state index in [1.54, 1.807) is 0 Å². The summed E-state index contributed by atoms with van der Waals surface area (Å²) in [6, 6.07) is -0.785. The molecule has 0 aliphatic carbocycles. The Hall–Kier alpha value is -1.84. The molecule has 0 saturated carbocycles. The maximum atomic E-state index is 14.3. The summed E-state index contributed by atoms with van der Waals surface area (Å²) in [5, 5.41) is 18.8. The predicted molar refractivity (Wildman–Crippen MR) is 66.5 cm³/mol. The number of rotatable bonds is 2. The lowest BCUT2D eigenvalue weighted by Gasteiger charge is -2.36. The van der Waals surface area contributed by atoms with Crippen LogP contribution in [-0.4, -0.2) is 61.3 Å². The first kappa shape index (κ1) is 13.2. The van der Waals surface area contributed by atoms with Crippen LogP contribution in [-0.2, 0) is 4.74 Å². The van der Waals surface area contributed by atoms with E-state index in [0.717, 1.165) is 0 Å². The molecule has 0 spiro atoms. The molecule has 20 heavy (non-hydrogen) atoms. The molecule has 2 aromatic rings. The van der Waals surface area contributed by atoms with Crippen molar-refractivity contribution >= 4 is 17.0 Å². The van der Waals surface area contributed by atoms with E-state index < -0.39 is 31.0 Å². The van der Waals surface area contributed by atoms with Gasteiger partial charge in [-0.3, -0.25) is 0 Å². The second-order valence-electron chi connectivity index (χ2n) is 4.64. The van der Waals surface area contributed by atoms with Gasteiger partial charge in [0, 0.05) is 0 Å². The highest BCUT2D eigenvalue weighted by Crippen LogP contribution is 2.29. The summed E-state index contributed by atoms with van der Waals surface area (Å²) in [6.45, 7) is -0.438. The normalized spacial score (nSPS) is 30.8. The average Bonchev–Trinajstić information content (AvgIpc) is 2.87. The minimum atomic E-state index is -1.60. The number of aliphatic hydroxyl groups excluding tert-OH is 2. The Kier molecular flexibility index (Phi) is 3.24. The molecule has 108 valence electrons. The molecule has 1 aliphatic heterocycles. The van der Waals surface area contributed by atoms with Crippen LogP contribution in [0.15, 0.2) is 12.7 Å². The largest absolute Gasteiger partial charge is 0.394 e. The van der Waals surface area contributed by atoms with Gasteiger partial charge < -0.3 is 25.3 Å². The second-order valence-corrected chi connectivity index (χ2v) is 4.64. The zero-order valence-electron chi connectivity index (χ0n) is 10.4. The van der Waals surface area contributed by atoms with E-state index in [1.807, 2.05) is 0 Å². The third kappa shape index (κ3) is 1.90. The molecule has 0 unspecified atom stereocenters. The molecular formula is C11H14FN5O3. The molecule has 0 aromatic carbocycles. The van der Waals surface area contributed by atoms with E-state index in [0.29, 0.717) is 11.2 Å². The highest BCUT2D eigenvalue weighted by molar-refractivity contribution is 5.81. The van der Waals surface area contributed by atoms with E-state index in [1.165, 1.54) is 17.2 Å². The number of imidazole rings is 1. The number of hydrogen-bond acceptors (Lipinski definition) is 7. The first-order valence-electron chi connectivity index (χ1n) is 6.11. The minimum absolute atomic E-state index is 0.00117. The van der Waals surface area contributed by atoms with Crippen molar-refractivity contribution in [2.75, 3.05) is 18.9 Å². The van der Waals surface area contributed by atoms with Gasteiger partial charge in [-0.05, 0) is 0 Å². The van der Waals surface area contributed by atoms with Crippen molar-refractivity contribution < 1.29 is 19.3 Å². The van der Waals surface area contributed by atoms with Crippen LogP contribution in [0.4, 0.5) is 10.2 Å².